The highest BCUT2D eigenvalue weighted by molar-refractivity contribution is 14.0. The van der Waals surface area contributed by atoms with Crippen molar-refractivity contribution in [2.24, 2.45) is 4.99 Å². The van der Waals surface area contributed by atoms with Crippen molar-refractivity contribution in [2.75, 3.05) is 20.1 Å². The minimum Gasteiger partial charge on any atom is -0.356 e. The molecular formula is C23H31F2IN4. The van der Waals surface area contributed by atoms with Gasteiger partial charge in [-0.2, -0.15) is 0 Å². The Morgan fingerprint density at radius 2 is 1.90 bits per heavy atom. The molecule has 0 saturated carbocycles. The summed E-state index contributed by atoms with van der Waals surface area (Å²) in [6, 6.07) is 15.7. The van der Waals surface area contributed by atoms with Crippen molar-refractivity contribution >= 4 is 29.9 Å². The molecule has 0 bridgehead atoms. The Kier molecular flexibility index (Phi) is 9.97. The third kappa shape index (κ3) is 6.91. The molecule has 164 valence electrons. The van der Waals surface area contributed by atoms with Gasteiger partial charge in [-0.3, -0.25) is 9.89 Å². The van der Waals surface area contributed by atoms with Crippen molar-refractivity contribution < 1.29 is 8.78 Å². The van der Waals surface area contributed by atoms with Crippen molar-refractivity contribution in [1.29, 1.82) is 0 Å². The average molecular weight is 528 g/mol. The zero-order chi connectivity index (χ0) is 20.6. The van der Waals surface area contributed by atoms with Crippen LogP contribution in [-0.2, 0) is 13.0 Å². The quantitative estimate of drug-likeness (QED) is 0.333. The van der Waals surface area contributed by atoms with Crippen LogP contribution < -0.4 is 10.6 Å². The Morgan fingerprint density at radius 3 is 2.60 bits per heavy atom. The summed E-state index contributed by atoms with van der Waals surface area (Å²) >= 11 is 0. The van der Waals surface area contributed by atoms with Crippen molar-refractivity contribution in [3.05, 3.63) is 71.3 Å². The summed E-state index contributed by atoms with van der Waals surface area (Å²) in [5.74, 6) is -0.867. The number of likely N-dealkylation sites (tertiary alicyclic amines) is 1. The van der Waals surface area contributed by atoms with E-state index in [1.165, 1.54) is 11.6 Å². The van der Waals surface area contributed by atoms with Gasteiger partial charge in [-0.05, 0) is 43.4 Å². The first-order valence-electron chi connectivity index (χ1n) is 10.2. The van der Waals surface area contributed by atoms with Crippen LogP contribution in [0.4, 0.5) is 8.78 Å². The number of hydrogen-bond donors (Lipinski definition) is 2. The first kappa shape index (κ1) is 24.5. The molecule has 3 rings (SSSR count). The molecule has 0 radical (unpaired) electrons. The number of guanidine groups is 1. The van der Waals surface area contributed by atoms with Gasteiger partial charge < -0.3 is 10.6 Å². The van der Waals surface area contributed by atoms with E-state index in [1.807, 2.05) is 6.07 Å². The number of halogens is 3. The summed E-state index contributed by atoms with van der Waals surface area (Å²) in [4.78, 5) is 6.79. The van der Waals surface area contributed by atoms with Crippen LogP contribution in [0.25, 0.3) is 0 Å². The summed E-state index contributed by atoms with van der Waals surface area (Å²) in [7, 11) is 1.73. The Balaban J connectivity index is 0.00000320. The van der Waals surface area contributed by atoms with Gasteiger partial charge in [-0.15, -0.1) is 24.0 Å². The normalized spacial score (nSPS) is 19.8. The Morgan fingerprint density at radius 1 is 1.13 bits per heavy atom. The molecule has 30 heavy (non-hydrogen) atoms. The number of rotatable bonds is 6. The molecule has 1 aliphatic heterocycles. The summed E-state index contributed by atoms with van der Waals surface area (Å²) in [6.07, 6.45) is 2.47. The van der Waals surface area contributed by atoms with Crippen LogP contribution in [-0.4, -0.2) is 43.1 Å². The molecule has 1 aliphatic rings. The smallest absolute Gasteiger partial charge is 0.191 e. The van der Waals surface area contributed by atoms with E-state index < -0.39 is 11.6 Å². The second-order valence-electron chi connectivity index (χ2n) is 7.63. The molecule has 2 aromatic rings. The van der Waals surface area contributed by atoms with Crippen LogP contribution in [0.2, 0.25) is 0 Å². The van der Waals surface area contributed by atoms with E-state index in [0.717, 1.165) is 32.0 Å². The maximum Gasteiger partial charge on any atom is 0.191 e. The first-order valence-corrected chi connectivity index (χ1v) is 10.2. The number of aliphatic imine (C=N–C) groups is 1. The van der Waals surface area contributed by atoms with E-state index in [0.29, 0.717) is 36.6 Å². The lowest BCUT2D eigenvalue weighted by atomic mass is 9.97. The van der Waals surface area contributed by atoms with E-state index >= 15 is 0 Å². The first-order chi connectivity index (χ1) is 14.1. The number of nitrogens with zero attached hydrogens (tertiary/aromatic N) is 2. The van der Waals surface area contributed by atoms with Gasteiger partial charge in [-0.25, -0.2) is 8.78 Å². The molecule has 1 saturated heterocycles. The summed E-state index contributed by atoms with van der Waals surface area (Å²) in [5, 5.41) is 6.69. The molecule has 7 heteroatoms. The lowest BCUT2D eigenvalue weighted by molar-refractivity contribution is 0.134. The molecule has 0 aliphatic carbocycles. The van der Waals surface area contributed by atoms with Crippen LogP contribution in [0.5, 0.6) is 0 Å². The SMILES string of the molecule is CN=C(NCCc1cccc(F)c1F)NC1CCN(Cc2ccccc2)C(C)C1.I. The third-order valence-corrected chi connectivity index (χ3v) is 5.53. The Labute approximate surface area is 195 Å². The fourth-order valence-corrected chi connectivity index (χ4v) is 3.85. The highest BCUT2D eigenvalue weighted by Crippen LogP contribution is 2.20. The molecule has 2 aromatic carbocycles. The van der Waals surface area contributed by atoms with Gasteiger partial charge in [0.15, 0.2) is 17.6 Å². The Hall–Kier alpha value is -1.74. The zero-order valence-corrected chi connectivity index (χ0v) is 19.9. The lowest BCUT2D eigenvalue weighted by Gasteiger charge is -2.38. The minimum atomic E-state index is -0.804. The second kappa shape index (κ2) is 12.2. The molecule has 1 heterocycles. The summed E-state index contributed by atoms with van der Waals surface area (Å²) in [5.41, 5.74) is 1.71. The molecule has 0 amide bonds. The molecular weight excluding hydrogens is 497 g/mol. The number of hydrogen-bond acceptors (Lipinski definition) is 2. The molecule has 0 spiro atoms. The molecule has 4 nitrogen and oxygen atoms in total. The van der Waals surface area contributed by atoms with E-state index in [2.05, 4.69) is 51.7 Å². The molecule has 1 fully saturated rings. The Bertz CT molecular complexity index is 816. The minimum absolute atomic E-state index is 0. The van der Waals surface area contributed by atoms with Crippen molar-refractivity contribution in [2.45, 2.75) is 44.8 Å². The van der Waals surface area contributed by atoms with Gasteiger partial charge in [0.05, 0.1) is 0 Å². The highest BCUT2D eigenvalue weighted by atomic mass is 127. The van der Waals surface area contributed by atoms with Crippen molar-refractivity contribution in [3.8, 4) is 0 Å². The average Bonchev–Trinajstić information content (AvgIpc) is 2.73. The van der Waals surface area contributed by atoms with Crippen LogP contribution in [0.15, 0.2) is 53.5 Å². The van der Waals surface area contributed by atoms with Gasteiger partial charge in [0.25, 0.3) is 0 Å². The molecule has 2 unspecified atom stereocenters. The van der Waals surface area contributed by atoms with Crippen molar-refractivity contribution in [1.82, 2.24) is 15.5 Å². The third-order valence-electron chi connectivity index (χ3n) is 5.53. The van der Waals surface area contributed by atoms with Gasteiger partial charge in [0.1, 0.15) is 0 Å². The standard InChI is InChI=1S/C23H30F2N4.HI/c1-17-15-20(12-14-29(17)16-18-7-4-3-5-8-18)28-23(26-2)27-13-11-19-9-6-10-21(24)22(19)25;/h3-10,17,20H,11-16H2,1-2H3,(H2,26,27,28);1H. The van der Waals surface area contributed by atoms with Crippen molar-refractivity contribution in [3.63, 3.8) is 0 Å². The molecule has 2 atom stereocenters. The highest BCUT2D eigenvalue weighted by Gasteiger charge is 2.25. The summed E-state index contributed by atoms with van der Waals surface area (Å²) in [6.45, 7) is 4.75. The fourth-order valence-electron chi connectivity index (χ4n) is 3.85. The van der Waals surface area contributed by atoms with E-state index in [1.54, 1.807) is 13.1 Å². The van der Waals surface area contributed by atoms with E-state index in [-0.39, 0.29) is 24.0 Å². The maximum absolute atomic E-state index is 13.8. The largest absolute Gasteiger partial charge is 0.356 e. The van der Waals surface area contributed by atoms with Crippen LogP contribution in [0.1, 0.15) is 30.9 Å². The number of piperidine rings is 1. The van der Waals surface area contributed by atoms with Crippen LogP contribution in [0.3, 0.4) is 0 Å². The van der Waals surface area contributed by atoms with Crippen LogP contribution in [0, 0.1) is 11.6 Å². The van der Waals surface area contributed by atoms with Gasteiger partial charge in [0.2, 0.25) is 0 Å². The topological polar surface area (TPSA) is 39.7 Å². The monoisotopic (exact) mass is 528 g/mol. The molecule has 0 aromatic heterocycles. The number of nitrogens with one attached hydrogen (secondary N) is 2. The molecule has 2 N–H and O–H groups in total. The number of benzene rings is 2. The lowest BCUT2D eigenvalue weighted by Crippen LogP contribution is -2.51. The van der Waals surface area contributed by atoms with Crippen LogP contribution >= 0.6 is 24.0 Å². The predicted molar refractivity (Wildman–Crippen MR) is 129 cm³/mol. The zero-order valence-electron chi connectivity index (χ0n) is 17.6. The summed E-state index contributed by atoms with van der Waals surface area (Å²) < 4.78 is 27.1. The van der Waals surface area contributed by atoms with Gasteiger partial charge in [0, 0.05) is 38.8 Å². The van der Waals surface area contributed by atoms with E-state index in [4.69, 9.17) is 0 Å². The maximum atomic E-state index is 13.8. The van der Waals surface area contributed by atoms with E-state index in [9.17, 15) is 8.78 Å². The second-order valence-corrected chi connectivity index (χ2v) is 7.63. The predicted octanol–water partition coefficient (Wildman–Crippen LogP) is 4.34. The fraction of sp³-hybridized carbons (Fsp3) is 0.435. The van der Waals surface area contributed by atoms with Gasteiger partial charge >= 0.3 is 0 Å². The van der Waals surface area contributed by atoms with Gasteiger partial charge in [-0.1, -0.05) is 42.5 Å².